The normalized spacial score (nSPS) is 27.9. The molecule has 4 atom stereocenters. The summed E-state index contributed by atoms with van der Waals surface area (Å²) in [5.74, 6) is -1.23. The quantitative estimate of drug-likeness (QED) is 0.261. The molecule has 2 bridgehead atoms. The largest absolute Gasteiger partial charge is 0.508 e. The van der Waals surface area contributed by atoms with E-state index in [1.807, 2.05) is 28.8 Å². The van der Waals surface area contributed by atoms with E-state index in [9.17, 15) is 24.9 Å². The number of benzene rings is 3. The highest BCUT2D eigenvalue weighted by Gasteiger charge is 2.66. The van der Waals surface area contributed by atoms with Crippen LogP contribution in [0.4, 0.5) is 0 Å². The fourth-order valence-electron chi connectivity index (χ4n) is 6.97. The molecule has 2 aromatic heterocycles. The van der Waals surface area contributed by atoms with Crippen molar-refractivity contribution >= 4 is 55.5 Å². The highest BCUT2D eigenvalue weighted by atomic mass is 16.6. The van der Waals surface area contributed by atoms with Crippen molar-refractivity contribution in [1.82, 2.24) is 14.5 Å². The zero-order valence-electron chi connectivity index (χ0n) is 19.8. The molecule has 37 heavy (non-hydrogen) atoms. The van der Waals surface area contributed by atoms with Gasteiger partial charge in [0, 0.05) is 33.5 Å². The maximum absolute atomic E-state index is 13.3. The first-order chi connectivity index (χ1) is 17.7. The number of hydrogen-bond donors (Lipinski definition) is 4. The van der Waals surface area contributed by atoms with Gasteiger partial charge in [0.05, 0.1) is 34.7 Å². The van der Waals surface area contributed by atoms with Crippen molar-refractivity contribution in [2.24, 2.45) is 0 Å². The van der Waals surface area contributed by atoms with Crippen LogP contribution in [0.5, 0.6) is 5.75 Å². The first-order valence-corrected chi connectivity index (χ1v) is 11.9. The Bertz CT molecular complexity index is 1920. The zero-order chi connectivity index (χ0) is 25.6. The number of carbonyl (C=O) groups excluding carboxylic acids is 2. The first-order valence-electron chi connectivity index (χ1n) is 11.9. The molecule has 0 radical (unpaired) electrons. The topological polar surface area (TPSA) is 135 Å². The molecule has 1 fully saturated rings. The van der Waals surface area contributed by atoms with Crippen molar-refractivity contribution in [1.29, 1.82) is 0 Å². The van der Waals surface area contributed by atoms with Gasteiger partial charge in [0.15, 0.2) is 12.0 Å². The number of hydrogen-bond acceptors (Lipinski definition) is 7. The van der Waals surface area contributed by atoms with Crippen LogP contribution >= 0.6 is 0 Å². The SMILES string of the molecule is COC(=O)C1(O)CC2OC1(C)n1c3ccccc3c3c4c(c5c6cc(O)ccc6n2c5c31)C(=O)NC4O. The summed E-state index contributed by atoms with van der Waals surface area (Å²) in [5.41, 5.74) is -0.321. The van der Waals surface area contributed by atoms with E-state index >= 15 is 0 Å². The second-order valence-corrected chi connectivity index (χ2v) is 10.1. The molecule has 3 aromatic carbocycles. The van der Waals surface area contributed by atoms with Crippen molar-refractivity contribution in [3.05, 3.63) is 53.6 Å². The number of aliphatic hydroxyl groups is 2. The first kappa shape index (κ1) is 21.0. The molecule has 0 saturated carbocycles. The summed E-state index contributed by atoms with van der Waals surface area (Å²) in [6.45, 7) is 1.66. The molecule has 8 rings (SSSR count). The van der Waals surface area contributed by atoms with Crippen LogP contribution in [0.15, 0.2) is 42.5 Å². The van der Waals surface area contributed by atoms with Crippen LogP contribution in [-0.4, -0.2) is 49.0 Å². The number of aliphatic hydroxyl groups excluding tert-OH is 1. The number of amides is 1. The smallest absolute Gasteiger partial charge is 0.343 e. The number of ether oxygens (including phenoxy) is 2. The molecule has 3 aliphatic heterocycles. The van der Waals surface area contributed by atoms with Gasteiger partial charge in [-0.25, -0.2) is 4.79 Å². The third-order valence-corrected chi connectivity index (χ3v) is 8.48. The Labute approximate surface area is 208 Å². The number of phenols is 1. The molecule has 3 aliphatic rings. The van der Waals surface area contributed by atoms with E-state index in [0.717, 1.165) is 5.39 Å². The number of esters is 1. The summed E-state index contributed by atoms with van der Waals surface area (Å²) in [5, 5.41) is 38.6. The van der Waals surface area contributed by atoms with E-state index in [2.05, 4.69) is 5.32 Å². The summed E-state index contributed by atoms with van der Waals surface area (Å²) in [4.78, 5) is 26.4. The van der Waals surface area contributed by atoms with E-state index in [0.29, 0.717) is 49.4 Å². The summed E-state index contributed by atoms with van der Waals surface area (Å²) in [6.07, 6.45) is -2.17. The third kappa shape index (κ3) is 2.08. The molecule has 186 valence electrons. The van der Waals surface area contributed by atoms with Gasteiger partial charge >= 0.3 is 5.97 Å². The number of aromatic nitrogens is 2. The van der Waals surface area contributed by atoms with E-state index in [-0.39, 0.29) is 12.2 Å². The van der Waals surface area contributed by atoms with E-state index in [4.69, 9.17) is 9.47 Å². The van der Waals surface area contributed by atoms with Crippen LogP contribution in [0.3, 0.4) is 0 Å². The maximum atomic E-state index is 13.3. The number of phenolic OH excluding ortho intramolecular Hbond substituents is 1. The third-order valence-electron chi connectivity index (χ3n) is 8.48. The molecule has 10 heteroatoms. The Balaban J connectivity index is 1.74. The predicted octanol–water partition coefficient (Wildman–Crippen LogP) is 2.85. The lowest BCUT2D eigenvalue weighted by molar-refractivity contribution is -0.202. The lowest BCUT2D eigenvalue weighted by Gasteiger charge is -2.37. The fraction of sp³-hybridized carbons (Fsp3) is 0.259. The number of nitrogens with zero attached hydrogens (tertiary/aromatic N) is 2. The Kier molecular flexibility index (Phi) is 3.54. The van der Waals surface area contributed by atoms with Crippen LogP contribution in [-0.2, 0) is 20.0 Å². The highest BCUT2D eigenvalue weighted by molar-refractivity contribution is 6.31. The average molecular weight is 499 g/mol. The van der Waals surface area contributed by atoms with Crippen molar-refractivity contribution in [3.63, 3.8) is 0 Å². The summed E-state index contributed by atoms with van der Waals surface area (Å²) in [7, 11) is 1.23. The minimum atomic E-state index is -2.05. The van der Waals surface area contributed by atoms with Gasteiger partial charge in [-0.05, 0) is 31.2 Å². The van der Waals surface area contributed by atoms with Gasteiger partial charge in [0.2, 0.25) is 5.60 Å². The van der Waals surface area contributed by atoms with Crippen molar-refractivity contribution in [2.45, 2.75) is 37.1 Å². The van der Waals surface area contributed by atoms with Crippen LogP contribution in [0.2, 0.25) is 0 Å². The molecule has 0 spiro atoms. The summed E-state index contributed by atoms with van der Waals surface area (Å²) < 4.78 is 15.4. The molecule has 5 aromatic rings. The second kappa shape index (κ2) is 6.23. The predicted molar refractivity (Wildman–Crippen MR) is 132 cm³/mol. The van der Waals surface area contributed by atoms with E-state index in [1.54, 1.807) is 23.6 Å². The Morgan fingerprint density at radius 1 is 1.14 bits per heavy atom. The zero-order valence-corrected chi connectivity index (χ0v) is 19.8. The lowest BCUT2D eigenvalue weighted by atomic mass is 9.88. The standard InChI is InChI=1S/C27H21N3O7/c1-26-27(35,25(34)36-2)10-16(37-26)29-14-8-7-11(31)9-13(14)18-20-19(23(32)28-24(20)33)17-12-5-3-4-6-15(12)30(26)22(17)21(18)29/h3-9,16,23,31-32,35H,10H2,1-2H3,(H,28,33). The van der Waals surface area contributed by atoms with Crippen molar-refractivity contribution in [3.8, 4) is 5.75 Å². The molecule has 1 saturated heterocycles. The summed E-state index contributed by atoms with van der Waals surface area (Å²) >= 11 is 0. The van der Waals surface area contributed by atoms with E-state index in [1.165, 1.54) is 13.2 Å². The number of para-hydroxylation sites is 1. The molecule has 5 heterocycles. The van der Waals surface area contributed by atoms with Gasteiger partial charge in [-0.3, -0.25) is 4.79 Å². The van der Waals surface area contributed by atoms with E-state index < -0.39 is 35.7 Å². The lowest BCUT2D eigenvalue weighted by Crippen LogP contribution is -2.56. The monoisotopic (exact) mass is 499 g/mol. The molecular formula is C27H21N3O7. The molecule has 0 aliphatic carbocycles. The van der Waals surface area contributed by atoms with Gasteiger partial charge in [-0.15, -0.1) is 0 Å². The van der Waals surface area contributed by atoms with Crippen LogP contribution in [0.25, 0.3) is 43.6 Å². The Hall–Kier alpha value is -4.12. The molecule has 4 unspecified atom stereocenters. The van der Waals surface area contributed by atoms with Crippen LogP contribution < -0.4 is 5.32 Å². The highest BCUT2D eigenvalue weighted by Crippen LogP contribution is 2.58. The fourth-order valence-corrected chi connectivity index (χ4v) is 6.97. The van der Waals surface area contributed by atoms with Crippen LogP contribution in [0.1, 0.15) is 41.7 Å². The minimum absolute atomic E-state index is 0.0141. The minimum Gasteiger partial charge on any atom is -0.508 e. The van der Waals surface area contributed by atoms with Gasteiger partial charge in [-0.1, -0.05) is 18.2 Å². The number of carbonyl (C=O) groups is 2. The average Bonchev–Trinajstić information content (AvgIpc) is 3.53. The molecular weight excluding hydrogens is 478 g/mol. The van der Waals surface area contributed by atoms with Crippen LogP contribution in [0, 0.1) is 0 Å². The Morgan fingerprint density at radius 2 is 1.92 bits per heavy atom. The van der Waals surface area contributed by atoms with Gasteiger partial charge < -0.3 is 39.2 Å². The maximum Gasteiger partial charge on any atom is 0.343 e. The molecule has 10 nitrogen and oxygen atoms in total. The molecule has 1 amide bonds. The number of aromatic hydroxyl groups is 1. The second-order valence-electron chi connectivity index (χ2n) is 10.1. The number of nitrogens with one attached hydrogen (secondary N) is 1. The summed E-state index contributed by atoms with van der Waals surface area (Å²) in [6, 6.07) is 12.3. The van der Waals surface area contributed by atoms with Gasteiger partial charge in [0.1, 0.15) is 12.0 Å². The van der Waals surface area contributed by atoms with Gasteiger partial charge in [-0.2, -0.15) is 0 Å². The van der Waals surface area contributed by atoms with Crippen molar-refractivity contribution < 1.29 is 34.4 Å². The van der Waals surface area contributed by atoms with Crippen molar-refractivity contribution in [2.75, 3.05) is 7.11 Å². The Morgan fingerprint density at radius 3 is 2.70 bits per heavy atom. The van der Waals surface area contributed by atoms with Gasteiger partial charge in [0.25, 0.3) is 5.91 Å². The number of methoxy groups -OCH3 is 1. The molecule has 4 N–H and O–H groups in total. The number of rotatable bonds is 1. The number of fused-ring (bicyclic) bond motifs is 13.